The van der Waals surface area contributed by atoms with Gasteiger partial charge in [-0.1, -0.05) is 17.7 Å². The molecule has 2 aromatic carbocycles. The van der Waals surface area contributed by atoms with Gasteiger partial charge in [0.1, 0.15) is 5.75 Å². The molecule has 1 aromatic heterocycles. The van der Waals surface area contributed by atoms with Crippen molar-refractivity contribution in [1.29, 1.82) is 0 Å². The number of H-pyrrole nitrogens is 1. The van der Waals surface area contributed by atoms with Crippen LogP contribution in [-0.4, -0.2) is 66.4 Å². The summed E-state index contributed by atoms with van der Waals surface area (Å²) in [6.07, 6.45) is 0.917. The molecule has 1 aliphatic heterocycles. The van der Waals surface area contributed by atoms with Gasteiger partial charge in [-0.05, 0) is 60.4 Å². The van der Waals surface area contributed by atoms with Gasteiger partial charge >= 0.3 is 0 Å². The smallest absolute Gasteiger partial charge is 0.253 e. The van der Waals surface area contributed by atoms with Gasteiger partial charge in [0.15, 0.2) is 5.11 Å². The van der Waals surface area contributed by atoms with E-state index in [9.17, 15) is 4.79 Å². The lowest BCUT2D eigenvalue weighted by atomic mass is 10.1. The van der Waals surface area contributed by atoms with Crippen LogP contribution in [0.1, 0.15) is 12.0 Å². The second-order valence-corrected chi connectivity index (χ2v) is 9.07. The fourth-order valence-electron chi connectivity index (χ4n) is 4.01. The number of fused-ring (bicyclic) bond motifs is 1. The quantitative estimate of drug-likeness (QED) is 0.451. The van der Waals surface area contributed by atoms with E-state index in [2.05, 4.69) is 15.2 Å². The van der Waals surface area contributed by atoms with Gasteiger partial charge in [0.25, 0.3) is 5.56 Å². The van der Waals surface area contributed by atoms with Gasteiger partial charge in [0, 0.05) is 48.5 Å². The summed E-state index contributed by atoms with van der Waals surface area (Å²) in [6.45, 7) is 5.49. The Hall–Kier alpha value is -2.65. The first-order chi connectivity index (χ1) is 16.5. The maximum absolute atomic E-state index is 12.9. The number of benzene rings is 2. The van der Waals surface area contributed by atoms with E-state index in [1.54, 1.807) is 7.11 Å². The van der Waals surface area contributed by atoms with Crippen LogP contribution in [-0.2, 0) is 11.3 Å². The number of halogens is 1. The van der Waals surface area contributed by atoms with Crippen molar-refractivity contribution in [2.75, 3.05) is 51.8 Å². The molecule has 1 aliphatic rings. The second-order valence-electron chi connectivity index (χ2n) is 8.25. The number of thiocarbonyl (C=S) groups is 1. The van der Waals surface area contributed by atoms with Crippen molar-refractivity contribution in [3.05, 3.63) is 69.5 Å². The number of hydrogen-bond donors (Lipinski definition) is 2. The zero-order chi connectivity index (χ0) is 23.9. The lowest BCUT2D eigenvalue weighted by molar-refractivity contribution is 0.0367. The van der Waals surface area contributed by atoms with Crippen molar-refractivity contribution in [3.8, 4) is 5.75 Å². The highest BCUT2D eigenvalue weighted by Gasteiger charge is 2.16. The number of aromatic amines is 1. The molecule has 0 spiro atoms. The Balaban J connectivity index is 1.51. The van der Waals surface area contributed by atoms with Crippen LogP contribution in [0.15, 0.2) is 53.3 Å². The third-order valence-electron chi connectivity index (χ3n) is 5.86. The summed E-state index contributed by atoms with van der Waals surface area (Å²) in [5.74, 6) is 0.701. The number of hydrogen-bond acceptors (Lipinski definition) is 5. The predicted molar refractivity (Wildman–Crippen MR) is 141 cm³/mol. The average Bonchev–Trinajstić information content (AvgIpc) is 2.84. The van der Waals surface area contributed by atoms with Gasteiger partial charge in [0.05, 0.1) is 32.4 Å². The number of aromatic nitrogens is 1. The minimum Gasteiger partial charge on any atom is -0.497 e. The standard InChI is InChI=1S/C25H29ClN4O3S/c1-32-22-7-6-18-14-19(24(31)28-23(18)16-22)17-30(9-3-8-29-10-12-33-13-11-29)25(34)27-21-5-2-4-20(26)15-21/h2,4-7,14-16H,3,8-13,17H2,1H3,(H,27,34)(H,28,31). The summed E-state index contributed by atoms with van der Waals surface area (Å²) in [5.41, 5.74) is 2.07. The van der Waals surface area contributed by atoms with Crippen LogP contribution >= 0.6 is 23.8 Å². The number of morpholine rings is 1. The third kappa shape index (κ3) is 6.48. The lowest BCUT2D eigenvalue weighted by Gasteiger charge is -2.29. The van der Waals surface area contributed by atoms with Crippen LogP contribution in [0.2, 0.25) is 5.02 Å². The summed E-state index contributed by atoms with van der Waals surface area (Å²) in [5, 5.41) is 5.40. The highest BCUT2D eigenvalue weighted by atomic mass is 35.5. The molecule has 34 heavy (non-hydrogen) atoms. The molecule has 180 valence electrons. The molecule has 0 amide bonds. The van der Waals surface area contributed by atoms with Crippen LogP contribution in [0, 0.1) is 0 Å². The summed E-state index contributed by atoms with van der Waals surface area (Å²) >= 11 is 11.9. The molecule has 1 saturated heterocycles. The number of pyridine rings is 1. The van der Waals surface area contributed by atoms with Gasteiger partial charge in [-0.3, -0.25) is 9.69 Å². The number of nitrogens with zero attached hydrogens (tertiary/aromatic N) is 2. The fourth-order valence-corrected chi connectivity index (χ4v) is 4.47. The van der Waals surface area contributed by atoms with Crippen LogP contribution in [0.25, 0.3) is 10.9 Å². The van der Waals surface area contributed by atoms with E-state index >= 15 is 0 Å². The van der Waals surface area contributed by atoms with Crippen LogP contribution in [0.5, 0.6) is 5.75 Å². The Morgan fingerprint density at radius 2 is 2.06 bits per heavy atom. The van der Waals surface area contributed by atoms with Crippen molar-refractivity contribution < 1.29 is 9.47 Å². The third-order valence-corrected chi connectivity index (χ3v) is 6.46. The van der Waals surface area contributed by atoms with Gasteiger partial charge in [-0.15, -0.1) is 0 Å². The second kappa shape index (κ2) is 11.7. The van der Waals surface area contributed by atoms with Gasteiger partial charge in [0.2, 0.25) is 0 Å². The van der Waals surface area contributed by atoms with Gasteiger partial charge in [-0.2, -0.15) is 0 Å². The predicted octanol–water partition coefficient (Wildman–Crippen LogP) is 4.11. The molecule has 3 aromatic rings. The highest BCUT2D eigenvalue weighted by Crippen LogP contribution is 2.20. The molecule has 0 unspecified atom stereocenters. The number of anilines is 1. The lowest BCUT2D eigenvalue weighted by Crippen LogP contribution is -2.40. The summed E-state index contributed by atoms with van der Waals surface area (Å²) in [4.78, 5) is 20.3. The van der Waals surface area contributed by atoms with E-state index in [0.717, 1.165) is 55.9 Å². The van der Waals surface area contributed by atoms with E-state index in [1.807, 2.05) is 53.4 Å². The van der Waals surface area contributed by atoms with Crippen molar-refractivity contribution in [3.63, 3.8) is 0 Å². The number of rotatable bonds is 8. The monoisotopic (exact) mass is 500 g/mol. The van der Waals surface area contributed by atoms with Crippen LogP contribution in [0.4, 0.5) is 5.69 Å². The maximum Gasteiger partial charge on any atom is 0.253 e. The molecule has 0 aliphatic carbocycles. The van der Waals surface area contributed by atoms with Crippen LogP contribution in [0.3, 0.4) is 0 Å². The molecule has 0 saturated carbocycles. The molecule has 1 fully saturated rings. The summed E-state index contributed by atoms with van der Waals surface area (Å²) < 4.78 is 10.7. The molecule has 7 nitrogen and oxygen atoms in total. The molecular formula is C25H29ClN4O3S. The first-order valence-corrected chi connectivity index (χ1v) is 12.1. The van der Waals surface area contributed by atoms with E-state index < -0.39 is 0 Å². The van der Waals surface area contributed by atoms with E-state index in [4.69, 9.17) is 33.3 Å². The van der Waals surface area contributed by atoms with Crippen molar-refractivity contribution >= 4 is 45.5 Å². The molecule has 0 atom stereocenters. The van der Waals surface area contributed by atoms with E-state index in [1.165, 1.54) is 0 Å². The normalized spacial score (nSPS) is 14.2. The largest absolute Gasteiger partial charge is 0.497 e. The summed E-state index contributed by atoms with van der Waals surface area (Å²) in [7, 11) is 1.61. The molecule has 0 radical (unpaired) electrons. The molecular weight excluding hydrogens is 472 g/mol. The Morgan fingerprint density at radius 1 is 1.24 bits per heavy atom. The summed E-state index contributed by atoms with van der Waals surface area (Å²) in [6, 6.07) is 15.0. The van der Waals surface area contributed by atoms with Gasteiger partial charge < -0.3 is 24.7 Å². The topological polar surface area (TPSA) is 69.8 Å². The molecule has 2 heterocycles. The zero-order valence-electron chi connectivity index (χ0n) is 19.2. The molecule has 0 bridgehead atoms. The maximum atomic E-state index is 12.9. The zero-order valence-corrected chi connectivity index (χ0v) is 20.8. The molecule has 9 heteroatoms. The molecule has 4 rings (SSSR count). The Labute approximate surface area is 209 Å². The minimum absolute atomic E-state index is 0.135. The Bertz CT molecular complexity index is 1200. The average molecular weight is 501 g/mol. The van der Waals surface area contributed by atoms with Crippen molar-refractivity contribution in [1.82, 2.24) is 14.8 Å². The van der Waals surface area contributed by atoms with E-state index in [0.29, 0.717) is 34.5 Å². The number of methoxy groups -OCH3 is 1. The Kier molecular flexibility index (Phi) is 8.39. The number of ether oxygens (including phenoxy) is 2. The Morgan fingerprint density at radius 3 is 2.82 bits per heavy atom. The SMILES string of the molecule is COc1ccc2cc(CN(CCCN3CCOCC3)C(=S)Nc3cccc(Cl)c3)c(=O)[nH]c2c1. The first-order valence-electron chi connectivity index (χ1n) is 11.3. The van der Waals surface area contributed by atoms with Crippen LogP contribution < -0.4 is 15.6 Å². The van der Waals surface area contributed by atoms with Gasteiger partial charge in [-0.25, -0.2) is 0 Å². The number of nitrogens with one attached hydrogen (secondary N) is 2. The fraction of sp³-hybridized carbons (Fsp3) is 0.360. The minimum atomic E-state index is -0.135. The first kappa shape index (κ1) is 24.5. The highest BCUT2D eigenvalue weighted by molar-refractivity contribution is 7.80. The van der Waals surface area contributed by atoms with E-state index in [-0.39, 0.29) is 5.56 Å². The molecule has 2 N–H and O–H groups in total. The van der Waals surface area contributed by atoms with Crippen molar-refractivity contribution in [2.45, 2.75) is 13.0 Å². The van der Waals surface area contributed by atoms with Crippen molar-refractivity contribution in [2.24, 2.45) is 0 Å².